The van der Waals surface area contributed by atoms with Crippen molar-refractivity contribution in [3.05, 3.63) is 65.0 Å². The largest absolute Gasteiger partial charge is 0.445 e. The first kappa shape index (κ1) is 17.5. The van der Waals surface area contributed by atoms with Crippen LogP contribution in [0.5, 0.6) is 0 Å². The lowest BCUT2D eigenvalue weighted by molar-refractivity contribution is 0.0793. The average molecular weight is 338 g/mol. The summed E-state index contributed by atoms with van der Waals surface area (Å²) in [6.07, 6.45) is 1.67. The zero-order valence-corrected chi connectivity index (χ0v) is 15.3. The molecule has 1 saturated heterocycles. The number of carbonyl (C=O) groups excluding carboxylic acids is 1. The van der Waals surface area contributed by atoms with Crippen molar-refractivity contribution in [2.75, 3.05) is 13.1 Å². The van der Waals surface area contributed by atoms with Crippen LogP contribution in [0.3, 0.4) is 0 Å². The average Bonchev–Trinajstić information content (AvgIpc) is 2.60. The van der Waals surface area contributed by atoms with E-state index in [9.17, 15) is 4.79 Å². The lowest BCUT2D eigenvalue weighted by atomic mass is 9.74. The minimum atomic E-state index is -0.215. The number of piperidine rings is 1. The van der Waals surface area contributed by atoms with Gasteiger partial charge in [0.2, 0.25) is 0 Å². The maximum Gasteiger partial charge on any atom is 0.410 e. The van der Waals surface area contributed by atoms with E-state index in [1.165, 1.54) is 5.56 Å². The molecule has 1 aliphatic rings. The van der Waals surface area contributed by atoms with Crippen LogP contribution in [0.4, 0.5) is 4.79 Å². The van der Waals surface area contributed by atoms with Crippen LogP contribution >= 0.6 is 0 Å². The highest BCUT2D eigenvalue weighted by Gasteiger charge is 2.34. The van der Waals surface area contributed by atoms with Gasteiger partial charge in [-0.15, -0.1) is 0 Å². The van der Waals surface area contributed by atoms with Crippen molar-refractivity contribution in [2.45, 2.75) is 45.6 Å². The van der Waals surface area contributed by atoms with Gasteiger partial charge < -0.3 is 9.64 Å². The first-order valence-corrected chi connectivity index (χ1v) is 8.88. The monoisotopic (exact) mass is 338 g/mol. The summed E-state index contributed by atoms with van der Waals surface area (Å²) in [7, 11) is 0. The molecule has 0 N–H and O–H groups in total. The number of rotatable bonds is 3. The molecule has 25 heavy (non-hydrogen) atoms. The fourth-order valence-electron chi connectivity index (χ4n) is 3.47. The van der Waals surface area contributed by atoms with Gasteiger partial charge in [0.15, 0.2) is 0 Å². The van der Waals surface area contributed by atoms with E-state index in [4.69, 9.17) is 4.74 Å². The van der Waals surface area contributed by atoms with Crippen LogP contribution < -0.4 is 0 Å². The number of pyridine rings is 1. The van der Waals surface area contributed by atoms with Crippen molar-refractivity contribution < 1.29 is 9.53 Å². The maximum absolute atomic E-state index is 12.3. The minimum Gasteiger partial charge on any atom is -0.445 e. The fourth-order valence-corrected chi connectivity index (χ4v) is 3.47. The second-order valence-corrected chi connectivity index (χ2v) is 7.23. The van der Waals surface area contributed by atoms with Gasteiger partial charge in [-0.2, -0.15) is 0 Å². The number of aromatic nitrogens is 1. The Morgan fingerprint density at radius 1 is 1.12 bits per heavy atom. The molecule has 1 aromatic heterocycles. The second kappa shape index (κ2) is 7.26. The Kier molecular flexibility index (Phi) is 5.07. The molecule has 1 aromatic carbocycles. The molecule has 0 spiro atoms. The second-order valence-electron chi connectivity index (χ2n) is 7.23. The Labute approximate surface area is 149 Å². The first-order valence-electron chi connectivity index (χ1n) is 8.88. The van der Waals surface area contributed by atoms with E-state index < -0.39 is 0 Å². The van der Waals surface area contributed by atoms with E-state index in [1.807, 2.05) is 49.1 Å². The summed E-state index contributed by atoms with van der Waals surface area (Å²) in [5.41, 5.74) is 4.55. The molecule has 0 radical (unpaired) electrons. The smallest absolute Gasteiger partial charge is 0.410 e. The van der Waals surface area contributed by atoms with E-state index in [0.29, 0.717) is 6.61 Å². The van der Waals surface area contributed by atoms with Crippen LogP contribution in [0.2, 0.25) is 0 Å². The first-order chi connectivity index (χ1) is 12.0. The molecule has 4 heteroatoms. The Balaban J connectivity index is 1.58. The van der Waals surface area contributed by atoms with Crippen LogP contribution in [0.25, 0.3) is 0 Å². The Bertz CT molecular complexity index is 715. The molecule has 0 saturated carbocycles. The molecule has 2 heterocycles. The highest BCUT2D eigenvalue weighted by atomic mass is 16.6. The quantitative estimate of drug-likeness (QED) is 0.833. The summed E-state index contributed by atoms with van der Waals surface area (Å²) in [6, 6.07) is 14.2. The van der Waals surface area contributed by atoms with Gasteiger partial charge in [-0.05, 0) is 55.4 Å². The number of amides is 1. The molecule has 1 aliphatic heterocycles. The van der Waals surface area contributed by atoms with Crippen molar-refractivity contribution in [1.82, 2.24) is 9.88 Å². The van der Waals surface area contributed by atoms with Gasteiger partial charge in [-0.1, -0.05) is 37.3 Å². The maximum atomic E-state index is 12.3. The van der Waals surface area contributed by atoms with Gasteiger partial charge in [0.1, 0.15) is 6.61 Å². The number of likely N-dealkylation sites (tertiary alicyclic amines) is 1. The molecule has 0 bridgehead atoms. The molecule has 1 amide bonds. The summed E-state index contributed by atoms with van der Waals surface area (Å²) >= 11 is 0. The zero-order chi connectivity index (χ0) is 17.9. The third-order valence-corrected chi connectivity index (χ3v) is 5.11. The topological polar surface area (TPSA) is 42.4 Å². The molecule has 0 unspecified atom stereocenters. The van der Waals surface area contributed by atoms with Crippen LogP contribution in [0.15, 0.2) is 42.5 Å². The number of hydrogen-bond donors (Lipinski definition) is 0. The Morgan fingerprint density at radius 3 is 2.32 bits per heavy atom. The van der Waals surface area contributed by atoms with Crippen LogP contribution in [-0.2, 0) is 16.8 Å². The normalized spacial score (nSPS) is 16.5. The predicted octanol–water partition coefficient (Wildman–Crippen LogP) is 4.39. The summed E-state index contributed by atoms with van der Waals surface area (Å²) in [5, 5.41) is 0. The molecule has 2 aromatic rings. The van der Waals surface area contributed by atoms with Gasteiger partial charge in [0.25, 0.3) is 0 Å². The van der Waals surface area contributed by atoms with E-state index >= 15 is 0 Å². The van der Waals surface area contributed by atoms with E-state index in [1.54, 1.807) is 0 Å². The standard InChI is InChI=1S/C21H26N2O2/c1-16-13-19(14-17(2)22-16)21(3)9-11-23(12-10-21)20(24)25-15-18-7-5-4-6-8-18/h4-8,13-14H,9-12,15H2,1-3H3. The van der Waals surface area contributed by atoms with Crippen molar-refractivity contribution in [2.24, 2.45) is 0 Å². The highest BCUT2D eigenvalue weighted by Crippen LogP contribution is 2.35. The van der Waals surface area contributed by atoms with Gasteiger partial charge in [-0.3, -0.25) is 4.98 Å². The number of nitrogens with zero attached hydrogens (tertiary/aromatic N) is 2. The molecular formula is C21H26N2O2. The Morgan fingerprint density at radius 2 is 1.72 bits per heavy atom. The van der Waals surface area contributed by atoms with Crippen LogP contribution in [0.1, 0.15) is 42.3 Å². The SMILES string of the molecule is Cc1cc(C2(C)CCN(C(=O)OCc3ccccc3)CC2)cc(C)n1. The summed E-state index contributed by atoms with van der Waals surface area (Å²) in [4.78, 5) is 18.6. The number of ether oxygens (including phenoxy) is 1. The lowest BCUT2D eigenvalue weighted by Crippen LogP contribution is -2.44. The van der Waals surface area contributed by atoms with Gasteiger partial charge in [-0.25, -0.2) is 4.79 Å². The summed E-state index contributed by atoms with van der Waals surface area (Å²) in [6.45, 7) is 8.14. The zero-order valence-electron chi connectivity index (χ0n) is 15.3. The Hall–Kier alpha value is -2.36. The molecule has 0 atom stereocenters. The highest BCUT2D eigenvalue weighted by molar-refractivity contribution is 5.67. The third kappa shape index (κ3) is 4.19. The molecule has 0 aliphatic carbocycles. The number of aryl methyl sites for hydroxylation is 2. The molecule has 4 nitrogen and oxygen atoms in total. The number of hydrogen-bond acceptors (Lipinski definition) is 3. The number of carbonyl (C=O) groups is 1. The summed E-state index contributed by atoms with van der Waals surface area (Å²) in [5.74, 6) is 0. The van der Waals surface area contributed by atoms with E-state index in [2.05, 4.69) is 24.0 Å². The minimum absolute atomic E-state index is 0.0919. The van der Waals surface area contributed by atoms with Crippen molar-refractivity contribution in [3.63, 3.8) is 0 Å². The molecule has 1 fully saturated rings. The van der Waals surface area contributed by atoms with Crippen LogP contribution in [0, 0.1) is 13.8 Å². The van der Waals surface area contributed by atoms with Crippen molar-refractivity contribution >= 4 is 6.09 Å². The molecule has 132 valence electrons. The van der Waals surface area contributed by atoms with Gasteiger partial charge in [0.05, 0.1) is 0 Å². The number of benzene rings is 1. The van der Waals surface area contributed by atoms with Crippen LogP contribution in [-0.4, -0.2) is 29.1 Å². The summed E-state index contributed by atoms with van der Waals surface area (Å²) < 4.78 is 5.46. The molecular weight excluding hydrogens is 312 g/mol. The van der Waals surface area contributed by atoms with E-state index in [-0.39, 0.29) is 11.5 Å². The van der Waals surface area contributed by atoms with Gasteiger partial charge >= 0.3 is 6.09 Å². The van der Waals surface area contributed by atoms with E-state index in [0.717, 1.165) is 42.9 Å². The molecule has 3 rings (SSSR count). The van der Waals surface area contributed by atoms with Gasteiger partial charge in [0, 0.05) is 24.5 Å². The third-order valence-electron chi connectivity index (χ3n) is 5.11. The van der Waals surface area contributed by atoms with Crippen molar-refractivity contribution in [3.8, 4) is 0 Å². The predicted molar refractivity (Wildman–Crippen MR) is 98.5 cm³/mol. The lowest BCUT2D eigenvalue weighted by Gasteiger charge is -2.39. The fraction of sp³-hybridized carbons (Fsp3) is 0.429. The van der Waals surface area contributed by atoms with Crippen molar-refractivity contribution in [1.29, 1.82) is 0 Å².